The van der Waals surface area contributed by atoms with E-state index in [2.05, 4.69) is 4.90 Å². The topological polar surface area (TPSA) is 49.9 Å². The fourth-order valence-electron chi connectivity index (χ4n) is 2.95. The van der Waals surface area contributed by atoms with E-state index in [4.69, 9.17) is 16.3 Å². The lowest BCUT2D eigenvalue weighted by Gasteiger charge is -2.35. The van der Waals surface area contributed by atoms with Crippen molar-refractivity contribution in [1.29, 1.82) is 0 Å². The Morgan fingerprint density at radius 3 is 2.40 bits per heavy atom. The third-order valence-corrected chi connectivity index (χ3v) is 6.74. The lowest BCUT2D eigenvalue weighted by Crippen LogP contribution is -2.48. The van der Waals surface area contributed by atoms with Crippen LogP contribution in [-0.4, -0.2) is 46.0 Å². The van der Waals surface area contributed by atoms with Crippen LogP contribution in [0, 0.1) is 6.92 Å². The van der Waals surface area contributed by atoms with Crippen LogP contribution in [0.4, 0.5) is 5.69 Å². The summed E-state index contributed by atoms with van der Waals surface area (Å²) in [5.41, 5.74) is 1.97. The average Bonchev–Trinajstić information content (AvgIpc) is 2.61. The zero-order chi connectivity index (χ0) is 18.0. The molecule has 0 aromatic heterocycles. The first-order chi connectivity index (χ1) is 11.9. The van der Waals surface area contributed by atoms with Crippen LogP contribution in [-0.2, 0) is 10.0 Å². The first-order valence-electron chi connectivity index (χ1n) is 8.07. The molecule has 0 amide bonds. The third-order valence-electron chi connectivity index (χ3n) is 4.36. The molecule has 0 atom stereocenters. The molecule has 1 aliphatic rings. The maximum absolute atomic E-state index is 12.9. The van der Waals surface area contributed by atoms with Crippen LogP contribution < -0.4 is 9.64 Å². The molecule has 0 bridgehead atoms. The monoisotopic (exact) mass is 380 g/mol. The maximum Gasteiger partial charge on any atom is 0.244 e. The lowest BCUT2D eigenvalue weighted by atomic mass is 10.2. The van der Waals surface area contributed by atoms with E-state index in [1.807, 2.05) is 31.2 Å². The average molecular weight is 381 g/mol. The highest BCUT2D eigenvalue weighted by Crippen LogP contribution is 2.28. The molecule has 1 heterocycles. The van der Waals surface area contributed by atoms with Gasteiger partial charge in [0.05, 0.1) is 12.1 Å². The Kier molecular flexibility index (Phi) is 5.22. The Balaban J connectivity index is 1.75. The molecule has 3 rings (SSSR count). The molecule has 7 heteroatoms. The van der Waals surface area contributed by atoms with Gasteiger partial charge in [0.1, 0.15) is 10.6 Å². The van der Waals surface area contributed by atoms with Gasteiger partial charge in [-0.1, -0.05) is 23.7 Å². The van der Waals surface area contributed by atoms with Gasteiger partial charge in [0.25, 0.3) is 0 Å². The van der Waals surface area contributed by atoms with Gasteiger partial charge in [-0.05, 0) is 36.8 Å². The third kappa shape index (κ3) is 3.76. The van der Waals surface area contributed by atoms with Gasteiger partial charge in [-0.15, -0.1) is 0 Å². The van der Waals surface area contributed by atoms with Crippen LogP contribution in [0.15, 0.2) is 47.4 Å². The largest absolute Gasteiger partial charge is 0.497 e. The van der Waals surface area contributed by atoms with Crippen molar-refractivity contribution < 1.29 is 13.2 Å². The predicted octanol–water partition coefficient (Wildman–Crippen LogP) is 3.17. The number of benzene rings is 2. The molecule has 2 aromatic rings. The Morgan fingerprint density at radius 2 is 1.76 bits per heavy atom. The van der Waals surface area contributed by atoms with Gasteiger partial charge >= 0.3 is 0 Å². The van der Waals surface area contributed by atoms with Crippen LogP contribution in [0.3, 0.4) is 0 Å². The van der Waals surface area contributed by atoms with Gasteiger partial charge in [-0.2, -0.15) is 4.31 Å². The van der Waals surface area contributed by atoms with Crippen molar-refractivity contribution >= 4 is 27.3 Å². The fraction of sp³-hybridized carbons (Fsp3) is 0.333. The van der Waals surface area contributed by atoms with E-state index in [9.17, 15) is 8.42 Å². The Labute approximate surface area is 153 Å². The first kappa shape index (κ1) is 18.0. The zero-order valence-electron chi connectivity index (χ0n) is 14.3. The highest BCUT2D eigenvalue weighted by Gasteiger charge is 2.30. The molecule has 0 aliphatic carbocycles. The number of methoxy groups -OCH3 is 1. The molecular formula is C18H21ClN2O3S. The summed E-state index contributed by atoms with van der Waals surface area (Å²) in [5, 5.41) is 0.273. The summed E-state index contributed by atoms with van der Waals surface area (Å²) in [7, 11) is -1.94. The maximum atomic E-state index is 12.9. The standard InChI is InChI=1S/C18H21ClN2O3S/c1-14-6-7-18(17(19)12-14)25(22,23)21-10-8-20(9-11-21)15-4-3-5-16(13-15)24-2/h3-7,12-13H,8-11H2,1-2H3. The summed E-state index contributed by atoms with van der Waals surface area (Å²) < 4.78 is 32.5. The van der Waals surface area contributed by atoms with Crippen LogP contribution in [0.1, 0.15) is 5.56 Å². The van der Waals surface area contributed by atoms with E-state index in [-0.39, 0.29) is 9.92 Å². The lowest BCUT2D eigenvalue weighted by molar-refractivity contribution is 0.384. The number of piperazine rings is 1. The van der Waals surface area contributed by atoms with Crippen LogP contribution >= 0.6 is 11.6 Å². The number of hydrogen-bond acceptors (Lipinski definition) is 4. The van der Waals surface area contributed by atoms with E-state index < -0.39 is 10.0 Å². The SMILES string of the molecule is COc1cccc(N2CCN(S(=O)(=O)c3ccc(C)cc3Cl)CC2)c1. The van der Waals surface area contributed by atoms with Crippen molar-refractivity contribution in [2.75, 3.05) is 38.2 Å². The molecule has 0 N–H and O–H groups in total. The van der Waals surface area contributed by atoms with Crippen molar-refractivity contribution in [2.45, 2.75) is 11.8 Å². The fourth-order valence-corrected chi connectivity index (χ4v) is 4.94. The molecule has 0 saturated carbocycles. The van der Waals surface area contributed by atoms with Crippen LogP contribution in [0.25, 0.3) is 0 Å². The molecule has 1 aliphatic heterocycles. The molecular weight excluding hydrogens is 360 g/mol. The molecule has 2 aromatic carbocycles. The van der Waals surface area contributed by atoms with Crippen molar-refractivity contribution in [3.8, 4) is 5.75 Å². The number of aryl methyl sites for hydroxylation is 1. The Morgan fingerprint density at radius 1 is 1.04 bits per heavy atom. The second-order valence-electron chi connectivity index (χ2n) is 6.03. The second kappa shape index (κ2) is 7.23. The van der Waals surface area contributed by atoms with Gasteiger partial charge in [-0.25, -0.2) is 8.42 Å². The quantitative estimate of drug-likeness (QED) is 0.817. The number of ether oxygens (including phenoxy) is 1. The Bertz CT molecular complexity index is 862. The highest BCUT2D eigenvalue weighted by molar-refractivity contribution is 7.89. The summed E-state index contributed by atoms with van der Waals surface area (Å²) >= 11 is 6.16. The van der Waals surface area contributed by atoms with E-state index in [1.54, 1.807) is 25.3 Å². The molecule has 1 saturated heterocycles. The molecule has 5 nitrogen and oxygen atoms in total. The zero-order valence-corrected chi connectivity index (χ0v) is 15.8. The van der Waals surface area contributed by atoms with E-state index >= 15 is 0 Å². The predicted molar refractivity (Wildman–Crippen MR) is 100 cm³/mol. The van der Waals surface area contributed by atoms with Gasteiger partial charge in [-0.3, -0.25) is 0 Å². The van der Waals surface area contributed by atoms with Crippen LogP contribution in [0.5, 0.6) is 5.75 Å². The van der Waals surface area contributed by atoms with Crippen molar-refractivity contribution in [1.82, 2.24) is 4.31 Å². The van der Waals surface area contributed by atoms with Gasteiger partial charge in [0.15, 0.2) is 0 Å². The second-order valence-corrected chi connectivity index (χ2v) is 8.34. The van der Waals surface area contributed by atoms with E-state index in [0.717, 1.165) is 17.0 Å². The number of halogens is 1. The number of rotatable bonds is 4. The Hall–Kier alpha value is -1.76. The molecule has 25 heavy (non-hydrogen) atoms. The minimum absolute atomic E-state index is 0.176. The minimum Gasteiger partial charge on any atom is -0.497 e. The minimum atomic E-state index is -3.58. The van der Waals surface area contributed by atoms with Crippen molar-refractivity contribution in [3.05, 3.63) is 53.1 Å². The highest BCUT2D eigenvalue weighted by atomic mass is 35.5. The number of anilines is 1. The summed E-state index contributed by atoms with van der Waals surface area (Å²) in [6.45, 7) is 3.97. The van der Waals surface area contributed by atoms with E-state index in [0.29, 0.717) is 26.2 Å². The number of hydrogen-bond donors (Lipinski definition) is 0. The van der Waals surface area contributed by atoms with Gasteiger partial charge in [0.2, 0.25) is 10.0 Å². The summed E-state index contributed by atoms with van der Waals surface area (Å²) in [4.78, 5) is 2.33. The smallest absolute Gasteiger partial charge is 0.244 e. The summed E-state index contributed by atoms with van der Waals surface area (Å²) in [5.74, 6) is 0.791. The van der Waals surface area contributed by atoms with Gasteiger partial charge < -0.3 is 9.64 Å². The summed E-state index contributed by atoms with van der Waals surface area (Å²) in [6.07, 6.45) is 0. The number of sulfonamides is 1. The molecule has 0 radical (unpaired) electrons. The number of nitrogens with zero attached hydrogens (tertiary/aromatic N) is 2. The molecule has 0 unspecified atom stereocenters. The van der Waals surface area contributed by atoms with Gasteiger partial charge in [0, 0.05) is 37.9 Å². The van der Waals surface area contributed by atoms with E-state index in [1.165, 1.54) is 4.31 Å². The molecule has 134 valence electrons. The summed E-state index contributed by atoms with van der Waals surface area (Å²) in [6, 6.07) is 12.8. The van der Waals surface area contributed by atoms with Crippen LogP contribution in [0.2, 0.25) is 5.02 Å². The first-order valence-corrected chi connectivity index (χ1v) is 9.89. The molecule has 0 spiro atoms. The van der Waals surface area contributed by atoms with Crippen molar-refractivity contribution in [3.63, 3.8) is 0 Å². The molecule has 1 fully saturated rings. The normalized spacial score (nSPS) is 16.0. The van der Waals surface area contributed by atoms with Crippen molar-refractivity contribution in [2.24, 2.45) is 0 Å².